The number of nitrogens with zero attached hydrogens (tertiary/aromatic N) is 4. The molecule has 0 spiro atoms. The van der Waals surface area contributed by atoms with Gasteiger partial charge < -0.3 is 10.6 Å². The second-order valence-electron chi connectivity index (χ2n) is 6.90. The molecule has 6 nitrogen and oxygen atoms in total. The number of hydrogen-bond donors (Lipinski definition) is 2. The van der Waals surface area contributed by atoms with Crippen LogP contribution in [-0.4, -0.2) is 20.5 Å². The fourth-order valence-corrected chi connectivity index (χ4v) is 2.38. The van der Waals surface area contributed by atoms with Crippen LogP contribution in [0.5, 0.6) is 0 Å². The van der Waals surface area contributed by atoms with E-state index in [2.05, 4.69) is 52.4 Å². The van der Waals surface area contributed by atoms with E-state index in [9.17, 15) is 0 Å². The molecule has 0 aliphatic rings. The van der Waals surface area contributed by atoms with Gasteiger partial charge in [0.15, 0.2) is 0 Å². The van der Waals surface area contributed by atoms with Crippen LogP contribution in [-0.2, 0) is 0 Å². The molecule has 0 saturated heterocycles. The summed E-state index contributed by atoms with van der Waals surface area (Å²) < 4.78 is 0. The van der Waals surface area contributed by atoms with Crippen molar-refractivity contribution in [1.82, 2.24) is 15.0 Å². The molecule has 26 heavy (non-hydrogen) atoms. The first kappa shape index (κ1) is 17.4. The summed E-state index contributed by atoms with van der Waals surface area (Å²) in [6.07, 6.45) is 3.49. The zero-order chi connectivity index (χ0) is 18.6. The Hall–Kier alpha value is -3.46. The molecule has 0 fully saturated rings. The molecule has 2 N–H and O–H groups in total. The van der Waals surface area contributed by atoms with Crippen LogP contribution in [0.3, 0.4) is 0 Å². The molecule has 0 amide bonds. The van der Waals surface area contributed by atoms with Gasteiger partial charge >= 0.3 is 0 Å². The van der Waals surface area contributed by atoms with Gasteiger partial charge in [0.25, 0.3) is 0 Å². The fraction of sp³-hybridized carbons (Fsp3) is 0.200. The third-order valence-electron chi connectivity index (χ3n) is 3.43. The van der Waals surface area contributed by atoms with Gasteiger partial charge in [-0.1, -0.05) is 6.07 Å². The van der Waals surface area contributed by atoms with Crippen molar-refractivity contribution in [2.75, 3.05) is 10.6 Å². The summed E-state index contributed by atoms with van der Waals surface area (Å²) in [6, 6.07) is 15.1. The van der Waals surface area contributed by atoms with E-state index in [4.69, 9.17) is 5.26 Å². The van der Waals surface area contributed by atoms with Crippen LogP contribution in [0.15, 0.2) is 54.9 Å². The van der Waals surface area contributed by atoms with Gasteiger partial charge in [-0.05, 0) is 51.1 Å². The van der Waals surface area contributed by atoms with Gasteiger partial charge in [0.05, 0.1) is 17.3 Å². The second-order valence-corrected chi connectivity index (χ2v) is 6.90. The summed E-state index contributed by atoms with van der Waals surface area (Å²) in [7, 11) is 0. The summed E-state index contributed by atoms with van der Waals surface area (Å²) in [5.74, 6) is 1.17. The van der Waals surface area contributed by atoms with Gasteiger partial charge in [-0.25, -0.2) is 4.98 Å². The molecule has 130 valence electrons. The third-order valence-corrected chi connectivity index (χ3v) is 3.43. The summed E-state index contributed by atoms with van der Waals surface area (Å²) in [5.41, 5.74) is 2.87. The molecule has 0 saturated carbocycles. The highest BCUT2D eigenvalue weighted by Gasteiger charge is 2.14. The number of aromatic nitrogens is 3. The Kier molecular flexibility index (Phi) is 4.81. The highest BCUT2D eigenvalue weighted by Crippen LogP contribution is 2.24. The van der Waals surface area contributed by atoms with Crippen molar-refractivity contribution in [2.45, 2.75) is 26.3 Å². The lowest BCUT2D eigenvalue weighted by Gasteiger charge is -2.21. The van der Waals surface area contributed by atoms with E-state index in [1.807, 2.05) is 30.3 Å². The Morgan fingerprint density at radius 1 is 1.04 bits per heavy atom. The first-order valence-electron chi connectivity index (χ1n) is 8.28. The molecular weight excluding hydrogens is 324 g/mol. The van der Waals surface area contributed by atoms with E-state index >= 15 is 0 Å². The van der Waals surface area contributed by atoms with Crippen molar-refractivity contribution in [3.05, 3.63) is 60.4 Å². The standard InChI is InChI=1S/C20H20N6/c1-20(2,3)26-19-24-17(15-7-5-9-22-13-15)11-18(25-19)23-16-8-4-6-14(10-16)12-21/h4-11,13H,1-3H3,(H2,23,24,25,26). The van der Waals surface area contributed by atoms with Crippen LogP contribution < -0.4 is 10.6 Å². The van der Waals surface area contributed by atoms with Gasteiger partial charge in [0.2, 0.25) is 5.95 Å². The van der Waals surface area contributed by atoms with Crippen molar-refractivity contribution >= 4 is 17.5 Å². The first-order valence-corrected chi connectivity index (χ1v) is 8.28. The van der Waals surface area contributed by atoms with Crippen molar-refractivity contribution in [2.24, 2.45) is 0 Å². The minimum atomic E-state index is -0.175. The van der Waals surface area contributed by atoms with E-state index < -0.39 is 0 Å². The summed E-state index contributed by atoms with van der Waals surface area (Å²) in [4.78, 5) is 13.3. The van der Waals surface area contributed by atoms with E-state index in [-0.39, 0.29) is 5.54 Å². The predicted molar refractivity (Wildman–Crippen MR) is 103 cm³/mol. The van der Waals surface area contributed by atoms with Crippen LogP contribution in [0.4, 0.5) is 17.5 Å². The Balaban J connectivity index is 2.00. The molecule has 6 heteroatoms. The van der Waals surface area contributed by atoms with Crippen LogP contribution in [0.2, 0.25) is 0 Å². The molecule has 3 rings (SSSR count). The number of rotatable bonds is 4. The number of nitriles is 1. The number of pyridine rings is 1. The highest BCUT2D eigenvalue weighted by atomic mass is 15.2. The predicted octanol–water partition coefficient (Wildman–Crippen LogP) is 4.36. The fourth-order valence-electron chi connectivity index (χ4n) is 2.38. The number of hydrogen-bond acceptors (Lipinski definition) is 6. The molecule has 0 atom stereocenters. The summed E-state index contributed by atoms with van der Waals surface area (Å²) in [5, 5.41) is 15.6. The molecule has 0 radical (unpaired) electrons. The lowest BCUT2D eigenvalue weighted by molar-refractivity contribution is 0.626. The Morgan fingerprint density at radius 2 is 1.88 bits per heavy atom. The van der Waals surface area contributed by atoms with Crippen LogP contribution in [0.25, 0.3) is 11.3 Å². The zero-order valence-electron chi connectivity index (χ0n) is 15.0. The van der Waals surface area contributed by atoms with Gasteiger partial charge in [-0.2, -0.15) is 10.2 Å². The first-order chi connectivity index (χ1) is 12.4. The van der Waals surface area contributed by atoms with Crippen molar-refractivity contribution in [3.63, 3.8) is 0 Å². The number of benzene rings is 1. The Labute approximate surface area is 153 Å². The van der Waals surface area contributed by atoms with E-state index in [0.717, 1.165) is 16.9 Å². The Morgan fingerprint density at radius 3 is 2.58 bits per heavy atom. The monoisotopic (exact) mass is 344 g/mol. The maximum atomic E-state index is 9.07. The van der Waals surface area contributed by atoms with Crippen molar-refractivity contribution in [1.29, 1.82) is 5.26 Å². The van der Waals surface area contributed by atoms with E-state index in [1.54, 1.807) is 24.5 Å². The maximum absolute atomic E-state index is 9.07. The molecular formula is C20H20N6. The number of anilines is 3. The average molecular weight is 344 g/mol. The zero-order valence-corrected chi connectivity index (χ0v) is 15.0. The topological polar surface area (TPSA) is 86.5 Å². The second kappa shape index (κ2) is 7.19. The van der Waals surface area contributed by atoms with Crippen molar-refractivity contribution < 1.29 is 0 Å². The molecule has 1 aromatic carbocycles. The molecule has 2 aromatic heterocycles. The quantitative estimate of drug-likeness (QED) is 0.731. The van der Waals surface area contributed by atoms with E-state index in [0.29, 0.717) is 17.3 Å². The van der Waals surface area contributed by atoms with Crippen LogP contribution in [0, 0.1) is 11.3 Å². The van der Waals surface area contributed by atoms with E-state index in [1.165, 1.54) is 0 Å². The maximum Gasteiger partial charge on any atom is 0.225 e. The molecule has 0 unspecified atom stereocenters. The Bertz CT molecular complexity index is 939. The van der Waals surface area contributed by atoms with Gasteiger partial charge in [-0.3, -0.25) is 4.98 Å². The molecule has 3 aromatic rings. The largest absolute Gasteiger partial charge is 0.350 e. The molecule has 2 heterocycles. The molecule has 0 aliphatic carbocycles. The summed E-state index contributed by atoms with van der Waals surface area (Å²) in [6.45, 7) is 6.16. The smallest absolute Gasteiger partial charge is 0.225 e. The average Bonchev–Trinajstić information content (AvgIpc) is 2.61. The number of nitrogens with one attached hydrogen (secondary N) is 2. The van der Waals surface area contributed by atoms with Gasteiger partial charge in [0.1, 0.15) is 5.82 Å². The minimum Gasteiger partial charge on any atom is -0.350 e. The lowest BCUT2D eigenvalue weighted by Crippen LogP contribution is -2.27. The molecule has 0 bridgehead atoms. The van der Waals surface area contributed by atoms with Gasteiger partial charge in [0, 0.05) is 35.2 Å². The summed E-state index contributed by atoms with van der Waals surface area (Å²) >= 11 is 0. The molecule has 0 aliphatic heterocycles. The minimum absolute atomic E-state index is 0.175. The van der Waals surface area contributed by atoms with Gasteiger partial charge in [-0.15, -0.1) is 0 Å². The normalized spacial score (nSPS) is 10.8. The highest BCUT2D eigenvalue weighted by molar-refractivity contribution is 5.67. The third kappa shape index (κ3) is 4.54. The van der Waals surface area contributed by atoms with Crippen LogP contribution in [0.1, 0.15) is 26.3 Å². The lowest BCUT2D eigenvalue weighted by atomic mass is 10.1. The SMILES string of the molecule is CC(C)(C)Nc1nc(Nc2cccc(C#N)c2)cc(-c2cccnc2)n1. The van der Waals surface area contributed by atoms with Crippen molar-refractivity contribution in [3.8, 4) is 17.3 Å². The van der Waals surface area contributed by atoms with Crippen LogP contribution >= 0.6 is 0 Å².